The molecular formula is C15H20FNO2. The van der Waals surface area contributed by atoms with Crippen LogP contribution in [-0.2, 0) is 11.2 Å². The van der Waals surface area contributed by atoms with Crippen LogP contribution in [0, 0.1) is 11.2 Å². The number of anilines is 1. The van der Waals surface area contributed by atoms with Gasteiger partial charge < -0.3 is 10.4 Å². The predicted octanol–water partition coefficient (Wildman–Crippen LogP) is 3.18. The molecule has 1 aliphatic heterocycles. The van der Waals surface area contributed by atoms with E-state index in [2.05, 4.69) is 5.32 Å². The largest absolute Gasteiger partial charge is 0.388 e. The number of aliphatic hydroxyl groups excluding tert-OH is 1. The lowest BCUT2D eigenvalue weighted by Gasteiger charge is -2.30. The van der Waals surface area contributed by atoms with Crippen molar-refractivity contribution in [3.63, 3.8) is 0 Å². The summed E-state index contributed by atoms with van der Waals surface area (Å²) in [5.41, 5.74) is 1.36. The van der Waals surface area contributed by atoms with Crippen LogP contribution in [0.15, 0.2) is 12.1 Å². The van der Waals surface area contributed by atoms with Gasteiger partial charge in [0.25, 0.3) is 0 Å². The summed E-state index contributed by atoms with van der Waals surface area (Å²) in [7, 11) is 0. The molecule has 0 aromatic heterocycles. The fourth-order valence-corrected chi connectivity index (χ4v) is 2.25. The number of halogens is 1. The van der Waals surface area contributed by atoms with Crippen LogP contribution in [0.1, 0.15) is 50.8 Å². The molecule has 1 unspecified atom stereocenters. The number of carbonyl (C=O) groups excluding carboxylic acids is 1. The first-order chi connectivity index (χ1) is 8.85. The van der Waals surface area contributed by atoms with Gasteiger partial charge in [-0.3, -0.25) is 4.79 Å². The first kappa shape index (κ1) is 14.0. The van der Waals surface area contributed by atoms with Crippen molar-refractivity contribution in [1.82, 2.24) is 0 Å². The summed E-state index contributed by atoms with van der Waals surface area (Å²) in [6, 6.07) is 3.00. The number of hydrogen-bond donors (Lipinski definition) is 2. The summed E-state index contributed by atoms with van der Waals surface area (Å²) in [6.07, 6.45) is 0.904. The number of carbonyl (C=O) groups is 1. The molecule has 1 aromatic carbocycles. The Hall–Kier alpha value is -1.42. The van der Waals surface area contributed by atoms with Crippen molar-refractivity contribution in [3.8, 4) is 0 Å². The maximum Gasteiger partial charge on any atom is 0.224 e. The van der Waals surface area contributed by atoms with Crippen molar-refractivity contribution in [1.29, 1.82) is 0 Å². The standard InChI is InChI=1S/C15H20FNO2/c1-4-15(2,3)14(19)10-7-9-5-6-13(18)17-12(9)8-11(10)16/h7-8,14,19H,4-6H2,1-3H3,(H,17,18). The molecule has 3 nitrogen and oxygen atoms in total. The molecular weight excluding hydrogens is 245 g/mol. The highest BCUT2D eigenvalue weighted by molar-refractivity contribution is 5.93. The van der Waals surface area contributed by atoms with E-state index in [1.54, 1.807) is 6.07 Å². The number of hydrogen-bond acceptors (Lipinski definition) is 2. The van der Waals surface area contributed by atoms with E-state index in [1.807, 2.05) is 20.8 Å². The maximum absolute atomic E-state index is 14.1. The second-order valence-electron chi connectivity index (χ2n) is 5.82. The molecule has 19 heavy (non-hydrogen) atoms. The summed E-state index contributed by atoms with van der Waals surface area (Å²) >= 11 is 0. The SMILES string of the molecule is CCC(C)(C)C(O)c1cc2c(cc1F)NC(=O)CC2. The van der Waals surface area contributed by atoms with E-state index in [0.29, 0.717) is 24.1 Å². The zero-order valence-electron chi connectivity index (χ0n) is 11.6. The Morgan fingerprint density at radius 3 is 2.74 bits per heavy atom. The molecule has 0 saturated carbocycles. The lowest BCUT2D eigenvalue weighted by molar-refractivity contribution is -0.116. The van der Waals surface area contributed by atoms with Gasteiger partial charge in [-0.2, -0.15) is 0 Å². The van der Waals surface area contributed by atoms with Gasteiger partial charge in [-0.05, 0) is 36.0 Å². The van der Waals surface area contributed by atoms with Crippen molar-refractivity contribution >= 4 is 11.6 Å². The molecule has 0 saturated heterocycles. The highest BCUT2D eigenvalue weighted by Gasteiger charge is 2.30. The smallest absolute Gasteiger partial charge is 0.224 e. The molecule has 2 N–H and O–H groups in total. The quantitative estimate of drug-likeness (QED) is 0.881. The van der Waals surface area contributed by atoms with E-state index < -0.39 is 11.9 Å². The number of amides is 1. The average Bonchev–Trinajstić information content (AvgIpc) is 2.37. The number of fused-ring (bicyclic) bond motifs is 1. The van der Waals surface area contributed by atoms with Crippen LogP contribution in [0.4, 0.5) is 10.1 Å². The van der Waals surface area contributed by atoms with E-state index in [-0.39, 0.29) is 11.3 Å². The Kier molecular flexibility index (Phi) is 3.63. The Morgan fingerprint density at radius 1 is 1.42 bits per heavy atom. The Morgan fingerprint density at radius 2 is 2.11 bits per heavy atom. The van der Waals surface area contributed by atoms with E-state index in [4.69, 9.17) is 0 Å². The minimum Gasteiger partial charge on any atom is -0.388 e. The average molecular weight is 265 g/mol. The van der Waals surface area contributed by atoms with Crippen molar-refractivity contribution in [2.75, 3.05) is 5.32 Å². The van der Waals surface area contributed by atoms with Crippen molar-refractivity contribution < 1.29 is 14.3 Å². The molecule has 4 heteroatoms. The monoisotopic (exact) mass is 265 g/mol. The highest BCUT2D eigenvalue weighted by Crippen LogP contribution is 2.39. The molecule has 0 fully saturated rings. The summed E-state index contributed by atoms with van der Waals surface area (Å²) in [4.78, 5) is 11.3. The van der Waals surface area contributed by atoms with Crippen LogP contribution in [0.5, 0.6) is 0 Å². The summed E-state index contributed by atoms with van der Waals surface area (Å²) < 4.78 is 14.1. The summed E-state index contributed by atoms with van der Waals surface area (Å²) in [5.74, 6) is -0.552. The first-order valence-electron chi connectivity index (χ1n) is 6.65. The van der Waals surface area contributed by atoms with Crippen LogP contribution < -0.4 is 5.32 Å². The van der Waals surface area contributed by atoms with Gasteiger partial charge in [0.15, 0.2) is 0 Å². The minimum atomic E-state index is -0.847. The van der Waals surface area contributed by atoms with Gasteiger partial charge in [0.1, 0.15) is 5.82 Å². The molecule has 0 spiro atoms. The van der Waals surface area contributed by atoms with Gasteiger partial charge in [0, 0.05) is 17.7 Å². The van der Waals surface area contributed by atoms with E-state index >= 15 is 0 Å². The second-order valence-corrected chi connectivity index (χ2v) is 5.82. The minimum absolute atomic E-state index is 0.0888. The van der Waals surface area contributed by atoms with E-state index in [0.717, 1.165) is 12.0 Å². The molecule has 0 radical (unpaired) electrons. The van der Waals surface area contributed by atoms with Crippen molar-refractivity contribution in [2.24, 2.45) is 5.41 Å². The number of aryl methyl sites for hydroxylation is 1. The fourth-order valence-electron chi connectivity index (χ4n) is 2.25. The molecule has 1 aliphatic rings. The van der Waals surface area contributed by atoms with Crippen molar-refractivity contribution in [3.05, 3.63) is 29.1 Å². The normalized spacial score (nSPS) is 16.8. The van der Waals surface area contributed by atoms with E-state index in [1.165, 1.54) is 6.07 Å². The first-order valence-corrected chi connectivity index (χ1v) is 6.65. The number of nitrogens with one attached hydrogen (secondary N) is 1. The Balaban J connectivity index is 2.41. The zero-order valence-corrected chi connectivity index (χ0v) is 11.6. The lowest BCUT2D eigenvalue weighted by atomic mass is 9.79. The molecule has 0 aliphatic carbocycles. The topological polar surface area (TPSA) is 49.3 Å². The third kappa shape index (κ3) is 2.63. The third-order valence-electron chi connectivity index (χ3n) is 4.06. The Bertz CT molecular complexity index is 511. The van der Waals surface area contributed by atoms with Gasteiger partial charge >= 0.3 is 0 Å². The molecule has 1 aromatic rings. The fraction of sp³-hybridized carbons (Fsp3) is 0.533. The Labute approximate surface area is 112 Å². The maximum atomic E-state index is 14.1. The number of aliphatic hydroxyl groups is 1. The summed E-state index contributed by atoms with van der Waals surface area (Å²) in [6.45, 7) is 5.80. The van der Waals surface area contributed by atoms with Crippen LogP contribution in [-0.4, -0.2) is 11.0 Å². The molecule has 1 amide bonds. The van der Waals surface area contributed by atoms with Gasteiger partial charge in [-0.15, -0.1) is 0 Å². The second kappa shape index (κ2) is 4.93. The molecule has 1 atom stereocenters. The zero-order chi connectivity index (χ0) is 14.2. The molecule has 1 heterocycles. The summed E-state index contributed by atoms with van der Waals surface area (Å²) in [5, 5.41) is 13.0. The van der Waals surface area contributed by atoms with Crippen LogP contribution in [0.3, 0.4) is 0 Å². The van der Waals surface area contributed by atoms with Gasteiger partial charge in [-0.25, -0.2) is 4.39 Å². The lowest BCUT2D eigenvalue weighted by Crippen LogP contribution is -2.24. The molecule has 104 valence electrons. The number of rotatable bonds is 3. The number of benzene rings is 1. The molecule has 0 bridgehead atoms. The molecule has 2 rings (SSSR count). The van der Waals surface area contributed by atoms with Crippen LogP contribution in [0.25, 0.3) is 0 Å². The van der Waals surface area contributed by atoms with Gasteiger partial charge in [0.05, 0.1) is 6.10 Å². The van der Waals surface area contributed by atoms with Crippen LogP contribution in [0.2, 0.25) is 0 Å². The van der Waals surface area contributed by atoms with Crippen molar-refractivity contribution in [2.45, 2.75) is 46.1 Å². The van der Waals surface area contributed by atoms with E-state index in [9.17, 15) is 14.3 Å². The predicted molar refractivity (Wildman–Crippen MR) is 72.4 cm³/mol. The highest BCUT2D eigenvalue weighted by atomic mass is 19.1. The van der Waals surface area contributed by atoms with Gasteiger partial charge in [0.2, 0.25) is 5.91 Å². The van der Waals surface area contributed by atoms with Crippen LogP contribution >= 0.6 is 0 Å². The van der Waals surface area contributed by atoms with Gasteiger partial charge in [-0.1, -0.05) is 20.8 Å². The third-order valence-corrected chi connectivity index (χ3v) is 4.06.